The van der Waals surface area contributed by atoms with Gasteiger partial charge in [0.1, 0.15) is 0 Å². The van der Waals surface area contributed by atoms with Crippen LogP contribution in [0.15, 0.2) is 29.3 Å². The van der Waals surface area contributed by atoms with Crippen LogP contribution in [0.2, 0.25) is 5.02 Å². The number of piperazine rings is 1. The Bertz CT molecular complexity index is 598. The Balaban J connectivity index is 0.00000208. The smallest absolute Gasteiger partial charge is 0.227 e. The van der Waals surface area contributed by atoms with E-state index in [0.29, 0.717) is 17.5 Å². The summed E-state index contributed by atoms with van der Waals surface area (Å²) in [5.74, 6) is 1.13. The molecule has 0 spiro atoms. The Kier molecular flexibility index (Phi) is 7.16. The van der Waals surface area contributed by atoms with Gasteiger partial charge in [0, 0.05) is 44.3 Å². The van der Waals surface area contributed by atoms with Gasteiger partial charge in [-0.05, 0) is 30.5 Å². The van der Waals surface area contributed by atoms with E-state index in [2.05, 4.69) is 15.2 Å². The van der Waals surface area contributed by atoms with Crippen LogP contribution in [0.3, 0.4) is 0 Å². The van der Waals surface area contributed by atoms with Crippen molar-refractivity contribution in [1.82, 2.24) is 15.1 Å². The number of guanidine groups is 1. The summed E-state index contributed by atoms with van der Waals surface area (Å²) in [5.41, 5.74) is 0.969. The van der Waals surface area contributed by atoms with Gasteiger partial charge in [-0.3, -0.25) is 9.79 Å². The molecule has 0 unspecified atom stereocenters. The molecule has 5 nitrogen and oxygen atoms in total. The average Bonchev–Trinajstić information content (AvgIpc) is 3.37. The number of hydrogen-bond donors (Lipinski definition) is 1. The third kappa shape index (κ3) is 5.24. The van der Waals surface area contributed by atoms with Gasteiger partial charge in [-0.2, -0.15) is 0 Å². The normalized spacial score (nSPS) is 18.2. The number of carbonyl (C=O) groups excluding carboxylic acids is 1. The molecule has 1 aromatic carbocycles. The van der Waals surface area contributed by atoms with Gasteiger partial charge in [0.25, 0.3) is 0 Å². The zero-order valence-electron chi connectivity index (χ0n) is 13.9. The molecule has 1 saturated heterocycles. The highest BCUT2D eigenvalue weighted by Crippen LogP contribution is 2.19. The molecule has 132 valence electrons. The van der Waals surface area contributed by atoms with E-state index in [4.69, 9.17) is 11.6 Å². The van der Waals surface area contributed by atoms with Crippen LogP contribution in [-0.2, 0) is 11.2 Å². The minimum absolute atomic E-state index is 0. The molecule has 1 saturated carbocycles. The zero-order chi connectivity index (χ0) is 16.2. The molecule has 0 aromatic heterocycles. The van der Waals surface area contributed by atoms with Crippen molar-refractivity contribution in [1.29, 1.82) is 0 Å². The number of amides is 1. The van der Waals surface area contributed by atoms with Gasteiger partial charge in [-0.1, -0.05) is 23.7 Å². The van der Waals surface area contributed by atoms with Crippen LogP contribution in [0, 0.1) is 0 Å². The van der Waals surface area contributed by atoms with Gasteiger partial charge in [0.15, 0.2) is 5.96 Å². The van der Waals surface area contributed by atoms with Gasteiger partial charge in [-0.15, -0.1) is 24.0 Å². The van der Waals surface area contributed by atoms with Crippen LogP contribution in [0.25, 0.3) is 0 Å². The van der Waals surface area contributed by atoms with E-state index in [1.165, 1.54) is 12.8 Å². The molecule has 1 N–H and O–H groups in total. The minimum Gasteiger partial charge on any atom is -0.354 e. The van der Waals surface area contributed by atoms with Crippen molar-refractivity contribution in [2.75, 3.05) is 33.2 Å². The number of benzene rings is 1. The monoisotopic (exact) mass is 462 g/mol. The molecule has 0 atom stereocenters. The van der Waals surface area contributed by atoms with E-state index in [0.717, 1.165) is 37.7 Å². The molecule has 24 heavy (non-hydrogen) atoms. The van der Waals surface area contributed by atoms with Crippen molar-refractivity contribution < 1.29 is 4.79 Å². The Morgan fingerprint density at radius 2 is 1.92 bits per heavy atom. The summed E-state index contributed by atoms with van der Waals surface area (Å²) in [6.07, 6.45) is 2.88. The van der Waals surface area contributed by atoms with Gasteiger partial charge in [0.05, 0.1) is 6.42 Å². The number of halogens is 2. The van der Waals surface area contributed by atoms with Gasteiger partial charge >= 0.3 is 0 Å². The average molecular weight is 463 g/mol. The maximum Gasteiger partial charge on any atom is 0.227 e. The van der Waals surface area contributed by atoms with Crippen molar-refractivity contribution in [2.24, 2.45) is 4.99 Å². The summed E-state index contributed by atoms with van der Waals surface area (Å²) in [4.78, 5) is 21.0. The maximum absolute atomic E-state index is 12.4. The van der Waals surface area contributed by atoms with Crippen LogP contribution >= 0.6 is 35.6 Å². The fourth-order valence-electron chi connectivity index (χ4n) is 2.81. The maximum atomic E-state index is 12.4. The molecule has 1 aliphatic carbocycles. The summed E-state index contributed by atoms with van der Waals surface area (Å²) in [5, 5.41) is 4.13. The van der Waals surface area contributed by atoms with E-state index in [-0.39, 0.29) is 29.9 Å². The molecule has 0 radical (unpaired) electrons. The predicted octanol–water partition coefficient (Wildman–Crippen LogP) is 2.38. The van der Waals surface area contributed by atoms with E-state index in [1.54, 1.807) is 0 Å². The Hall–Kier alpha value is -1.02. The topological polar surface area (TPSA) is 47.9 Å². The SMILES string of the molecule is CN=C(NC1CC1)N1CCN(C(=O)Cc2cccc(Cl)c2)CC1.I. The number of nitrogens with zero attached hydrogens (tertiary/aromatic N) is 3. The summed E-state index contributed by atoms with van der Waals surface area (Å²) < 4.78 is 0. The van der Waals surface area contributed by atoms with Gasteiger partial charge < -0.3 is 15.1 Å². The minimum atomic E-state index is 0. The van der Waals surface area contributed by atoms with Crippen LogP contribution in [0.1, 0.15) is 18.4 Å². The first-order valence-corrected chi connectivity index (χ1v) is 8.54. The molecular formula is C17H24ClIN4O. The van der Waals surface area contributed by atoms with Crippen molar-refractivity contribution in [3.05, 3.63) is 34.9 Å². The lowest BCUT2D eigenvalue weighted by Crippen LogP contribution is -2.54. The van der Waals surface area contributed by atoms with Crippen molar-refractivity contribution in [3.63, 3.8) is 0 Å². The summed E-state index contributed by atoms with van der Waals surface area (Å²) >= 11 is 5.98. The largest absolute Gasteiger partial charge is 0.354 e. The van der Waals surface area contributed by atoms with Gasteiger partial charge in [-0.25, -0.2) is 0 Å². The van der Waals surface area contributed by atoms with Crippen LogP contribution in [0.4, 0.5) is 0 Å². The molecular weight excluding hydrogens is 439 g/mol. The van der Waals surface area contributed by atoms with Crippen LogP contribution < -0.4 is 5.32 Å². The van der Waals surface area contributed by atoms with Crippen molar-refractivity contribution >= 4 is 47.4 Å². The van der Waals surface area contributed by atoms with E-state index in [9.17, 15) is 4.79 Å². The summed E-state index contributed by atoms with van der Waals surface area (Å²) in [7, 11) is 1.82. The molecule has 1 amide bonds. The third-order valence-corrected chi connectivity index (χ3v) is 4.53. The van der Waals surface area contributed by atoms with Crippen LogP contribution in [-0.4, -0.2) is 60.9 Å². The van der Waals surface area contributed by atoms with E-state index >= 15 is 0 Å². The Morgan fingerprint density at radius 1 is 1.25 bits per heavy atom. The highest BCUT2D eigenvalue weighted by atomic mass is 127. The second-order valence-corrected chi connectivity index (χ2v) is 6.58. The molecule has 7 heteroatoms. The third-order valence-electron chi connectivity index (χ3n) is 4.30. The van der Waals surface area contributed by atoms with E-state index in [1.807, 2.05) is 36.2 Å². The number of carbonyl (C=O) groups is 1. The predicted molar refractivity (Wildman–Crippen MR) is 108 cm³/mol. The second-order valence-electron chi connectivity index (χ2n) is 6.14. The Labute approximate surface area is 165 Å². The lowest BCUT2D eigenvalue weighted by molar-refractivity contribution is -0.131. The first-order valence-electron chi connectivity index (χ1n) is 8.16. The first kappa shape index (κ1) is 19.3. The summed E-state index contributed by atoms with van der Waals surface area (Å²) in [6.45, 7) is 3.14. The second kappa shape index (κ2) is 8.89. The fraction of sp³-hybridized carbons (Fsp3) is 0.529. The van der Waals surface area contributed by atoms with Crippen molar-refractivity contribution in [3.8, 4) is 0 Å². The molecule has 2 fully saturated rings. The molecule has 1 heterocycles. The van der Waals surface area contributed by atoms with Crippen molar-refractivity contribution in [2.45, 2.75) is 25.3 Å². The fourth-order valence-corrected chi connectivity index (χ4v) is 3.02. The molecule has 2 aliphatic rings. The molecule has 0 bridgehead atoms. The standard InChI is InChI=1S/C17H23ClN4O.HI/c1-19-17(20-15-5-6-15)22-9-7-21(8-10-22)16(23)12-13-3-2-4-14(18)11-13;/h2-4,11,15H,5-10,12H2,1H3,(H,19,20);1H. The molecule has 3 rings (SSSR count). The first-order chi connectivity index (χ1) is 11.2. The van der Waals surface area contributed by atoms with Crippen LogP contribution in [0.5, 0.6) is 0 Å². The van der Waals surface area contributed by atoms with E-state index < -0.39 is 0 Å². The van der Waals surface area contributed by atoms with Gasteiger partial charge in [0.2, 0.25) is 5.91 Å². The number of nitrogens with one attached hydrogen (secondary N) is 1. The lowest BCUT2D eigenvalue weighted by atomic mass is 10.1. The summed E-state index contributed by atoms with van der Waals surface area (Å²) in [6, 6.07) is 8.11. The number of aliphatic imine (C=N–C) groups is 1. The quantitative estimate of drug-likeness (QED) is 0.426. The highest BCUT2D eigenvalue weighted by Gasteiger charge is 2.27. The lowest BCUT2D eigenvalue weighted by Gasteiger charge is -2.36. The highest BCUT2D eigenvalue weighted by molar-refractivity contribution is 14.0. The zero-order valence-corrected chi connectivity index (χ0v) is 17.0. The number of hydrogen-bond acceptors (Lipinski definition) is 2. The molecule has 1 aromatic rings. The Morgan fingerprint density at radius 3 is 2.50 bits per heavy atom. The molecule has 1 aliphatic heterocycles. The number of rotatable bonds is 3.